The molecule has 0 aliphatic carbocycles. The van der Waals surface area contributed by atoms with Gasteiger partial charge in [0, 0.05) is 18.6 Å². The van der Waals surface area contributed by atoms with E-state index in [0.717, 1.165) is 6.08 Å². The molecule has 0 fully saturated rings. The molecule has 150 valence electrons. The van der Waals surface area contributed by atoms with Gasteiger partial charge in [0.2, 0.25) is 11.7 Å². The van der Waals surface area contributed by atoms with Crippen LogP contribution < -0.4 is 10.5 Å². The van der Waals surface area contributed by atoms with Gasteiger partial charge >= 0.3 is 11.7 Å². The number of carbonyl (C=O) groups is 2. The summed E-state index contributed by atoms with van der Waals surface area (Å²) >= 11 is 0. The molecule has 1 amide bonds. The molecule has 0 heterocycles. The molecule has 0 bridgehead atoms. The summed E-state index contributed by atoms with van der Waals surface area (Å²) in [5.41, 5.74) is 6.97. The smallest absolute Gasteiger partial charge is 0.320 e. The molecule has 0 radical (unpaired) electrons. The number of hydrogen-bond donors (Lipinski definition) is 1. The summed E-state index contributed by atoms with van der Waals surface area (Å²) in [4.78, 5) is 34.7. The van der Waals surface area contributed by atoms with Crippen LogP contribution in [0.25, 0.3) is 28.3 Å². The highest BCUT2D eigenvalue weighted by Gasteiger charge is 2.30. The maximum atomic E-state index is 12.2. The van der Waals surface area contributed by atoms with Gasteiger partial charge in [-0.25, -0.2) is 0 Å². The van der Waals surface area contributed by atoms with Gasteiger partial charge in [0.15, 0.2) is 0 Å². The SMILES string of the molecule is CC(=O)Oc1c(-c2ccccc2)cc(C=CC(N)=O)c(-c2ccccc2)c1[N+](=O)[O-]. The third-order valence-corrected chi connectivity index (χ3v) is 4.29. The highest BCUT2D eigenvalue weighted by Crippen LogP contribution is 2.47. The second-order valence-electron chi connectivity index (χ2n) is 6.38. The molecule has 0 atom stereocenters. The fourth-order valence-electron chi connectivity index (χ4n) is 3.14. The molecule has 0 spiro atoms. The molecule has 0 aliphatic heterocycles. The molecular weight excluding hydrogens is 384 g/mol. The largest absolute Gasteiger partial charge is 0.419 e. The van der Waals surface area contributed by atoms with Crippen LogP contribution in [0.2, 0.25) is 0 Å². The number of nitrogens with two attached hydrogens (primary N) is 1. The maximum Gasteiger partial charge on any atom is 0.320 e. The van der Waals surface area contributed by atoms with Crippen molar-refractivity contribution in [3.63, 3.8) is 0 Å². The number of benzene rings is 3. The van der Waals surface area contributed by atoms with E-state index < -0.39 is 16.8 Å². The Morgan fingerprint density at radius 2 is 1.57 bits per heavy atom. The molecule has 0 saturated heterocycles. The van der Waals surface area contributed by atoms with E-state index in [2.05, 4.69) is 0 Å². The predicted molar refractivity (Wildman–Crippen MR) is 114 cm³/mol. The minimum Gasteiger partial charge on any atom is -0.419 e. The second-order valence-corrected chi connectivity index (χ2v) is 6.38. The molecule has 3 aromatic rings. The van der Waals surface area contributed by atoms with Crippen molar-refractivity contribution in [3.05, 3.63) is 88.5 Å². The van der Waals surface area contributed by atoms with Crippen molar-refractivity contribution in [3.8, 4) is 28.0 Å². The van der Waals surface area contributed by atoms with Crippen LogP contribution in [-0.2, 0) is 9.59 Å². The van der Waals surface area contributed by atoms with E-state index in [1.54, 1.807) is 66.7 Å². The number of hydrogen-bond acceptors (Lipinski definition) is 5. The van der Waals surface area contributed by atoms with Gasteiger partial charge in [-0.1, -0.05) is 60.7 Å². The fraction of sp³-hybridized carbons (Fsp3) is 0.0435. The zero-order valence-corrected chi connectivity index (χ0v) is 16.1. The zero-order valence-electron chi connectivity index (χ0n) is 16.1. The van der Waals surface area contributed by atoms with Crippen molar-refractivity contribution >= 4 is 23.6 Å². The van der Waals surface area contributed by atoms with E-state index in [0.29, 0.717) is 22.3 Å². The molecule has 7 heteroatoms. The van der Waals surface area contributed by atoms with Gasteiger partial charge in [-0.3, -0.25) is 19.7 Å². The number of rotatable bonds is 6. The van der Waals surface area contributed by atoms with Crippen molar-refractivity contribution < 1.29 is 19.2 Å². The molecule has 0 saturated carbocycles. The van der Waals surface area contributed by atoms with Gasteiger partial charge in [0.05, 0.1) is 10.5 Å². The maximum absolute atomic E-state index is 12.2. The Labute approximate surface area is 172 Å². The van der Waals surface area contributed by atoms with Crippen molar-refractivity contribution in [2.75, 3.05) is 0 Å². The first-order chi connectivity index (χ1) is 14.4. The summed E-state index contributed by atoms with van der Waals surface area (Å²) < 4.78 is 5.34. The average Bonchev–Trinajstić information content (AvgIpc) is 2.72. The molecule has 3 aromatic carbocycles. The summed E-state index contributed by atoms with van der Waals surface area (Å²) in [5, 5.41) is 12.2. The Balaban J connectivity index is 2.47. The van der Waals surface area contributed by atoms with E-state index in [1.165, 1.54) is 13.0 Å². The van der Waals surface area contributed by atoms with Crippen LogP contribution in [0.5, 0.6) is 5.75 Å². The number of ether oxygens (including phenoxy) is 1. The van der Waals surface area contributed by atoms with E-state index in [-0.39, 0.29) is 17.0 Å². The number of esters is 1. The normalized spacial score (nSPS) is 10.7. The molecule has 7 nitrogen and oxygen atoms in total. The number of primary amides is 1. The minimum absolute atomic E-state index is 0.159. The molecule has 3 rings (SSSR count). The molecule has 0 aromatic heterocycles. The Hall–Kier alpha value is -4.26. The molecule has 0 unspecified atom stereocenters. The van der Waals surface area contributed by atoms with Crippen LogP contribution in [0, 0.1) is 10.1 Å². The van der Waals surface area contributed by atoms with E-state index >= 15 is 0 Å². The van der Waals surface area contributed by atoms with Crippen molar-refractivity contribution in [2.24, 2.45) is 5.73 Å². The number of nitro groups is 1. The first-order valence-corrected chi connectivity index (χ1v) is 9.00. The van der Waals surface area contributed by atoms with Crippen LogP contribution in [0.1, 0.15) is 12.5 Å². The summed E-state index contributed by atoms with van der Waals surface area (Å²) in [6.45, 7) is 1.18. The highest BCUT2D eigenvalue weighted by molar-refractivity contribution is 5.97. The first-order valence-electron chi connectivity index (χ1n) is 9.00. The van der Waals surface area contributed by atoms with Crippen LogP contribution in [0.4, 0.5) is 5.69 Å². The second kappa shape index (κ2) is 8.83. The van der Waals surface area contributed by atoms with Gasteiger partial charge in [-0.05, 0) is 28.8 Å². The lowest BCUT2D eigenvalue weighted by molar-refractivity contribution is -0.384. The minimum atomic E-state index is -0.693. The fourth-order valence-corrected chi connectivity index (χ4v) is 3.14. The van der Waals surface area contributed by atoms with Gasteiger partial charge in [-0.2, -0.15) is 0 Å². The summed E-state index contributed by atoms with van der Waals surface area (Å²) in [5.74, 6) is -1.54. The average molecular weight is 402 g/mol. The van der Waals surface area contributed by atoms with Crippen molar-refractivity contribution in [1.29, 1.82) is 0 Å². The Morgan fingerprint density at radius 1 is 1.00 bits per heavy atom. The predicted octanol–water partition coefficient (Wildman–Crippen LogP) is 4.35. The van der Waals surface area contributed by atoms with Crippen molar-refractivity contribution in [2.45, 2.75) is 6.92 Å². The Bertz CT molecular complexity index is 1140. The number of nitro benzene ring substituents is 1. The summed E-state index contributed by atoms with van der Waals surface area (Å²) in [6, 6.07) is 19.1. The Morgan fingerprint density at radius 3 is 2.07 bits per heavy atom. The summed E-state index contributed by atoms with van der Waals surface area (Å²) in [6.07, 6.45) is 2.55. The third kappa shape index (κ3) is 4.41. The van der Waals surface area contributed by atoms with Crippen LogP contribution in [0.15, 0.2) is 72.8 Å². The standard InChI is InChI=1S/C23H18N2O5/c1-15(26)30-23-19(16-8-4-2-5-9-16)14-18(12-13-20(24)27)21(22(23)25(28)29)17-10-6-3-7-11-17/h2-14H,1H3,(H2,24,27). The third-order valence-electron chi connectivity index (χ3n) is 4.29. The number of amides is 1. The molecule has 0 aliphatic rings. The number of carbonyl (C=O) groups excluding carboxylic acids is 2. The van der Waals surface area contributed by atoms with Crippen LogP contribution >= 0.6 is 0 Å². The van der Waals surface area contributed by atoms with E-state index in [9.17, 15) is 19.7 Å². The van der Waals surface area contributed by atoms with Crippen molar-refractivity contribution in [1.82, 2.24) is 0 Å². The van der Waals surface area contributed by atoms with E-state index in [4.69, 9.17) is 10.5 Å². The lowest BCUT2D eigenvalue weighted by Crippen LogP contribution is -2.08. The molecular formula is C23H18N2O5. The van der Waals surface area contributed by atoms with Crippen LogP contribution in [0.3, 0.4) is 0 Å². The highest BCUT2D eigenvalue weighted by atomic mass is 16.6. The number of nitrogens with zero attached hydrogens (tertiary/aromatic N) is 1. The lowest BCUT2D eigenvalue weighted by atomic mass is 9.91. The van der Waals surface area contributed by atoms with Gasteiger partial charge in [0.1, 0.15) is 0 Å². The van der Waals surface area contributed by atoms with Crippen LogP contribution in [-0.4, -0.2) is 16.8 Å². The van der Waals surface area contributed by atoms with E-state index in [1.807, 2.05) is 0 Å². The first kappa shape index (κ1) is 20.5. The van der Waals surface area contributed by atoms with Gasteiger partial charge in [-0.15, -0.1) is 0 Å². The quantitative estimate of drug-likeness (QED) is 0.216. The monoisotopic (exact) mass is 402 g/mol. The Kier molecular flexibility index (Phi) is 6.03. The summed E-state index contributed by atoms with van der Waals surface area (Å²) in [7, 11) is 0. The molecule has 2 N–H and O–H groups in total. The molecule has 30 heavy (non-hydrogen) atoms. The lowest BCUT2D eigenvalue weighted by Gasteiger charge is -2.16. The zero-order chi connectivity index (χ0) is 21.7. The van der Waals surface area contributed by atoms with Gasteiger partial charge in [0.25, 0.3) is 0 Å². The topological polar surface area (TPSA) is 113 Å². The van der Waals surface area contributed by atoms with Gasteiger partial charge < -0.3 is 10.5 Å².